The van der Waals surface area contributed by atoms with Gasteiger partial charge in [0.25, 0.3) is 5.91 Å². The molecule has 0 aromatic carbocycles. The lowest BCUT2D eigenvalue weighted by Gasteiger charge is -2.23. The molecule has 2 heterocycles. The summed E-state index contributed by atoms with van der Waals surface area (Å²) in [7, 11) is 0. The van der Waals surface area contributed by atoms with Crippen molar-refractivity contribution in [3.63, 3.8) is 0 Å². The molecule has 1 aliphatic rings. The third-order valence-electron chi connectivity index (χ3n) is 2.64. The normalized spacial score (nSPS) is 17.1. The second-order valence-corrected chi connectivity index (χ2v) is 3.89. The average molecular weight is 223 g/mol. The van der Waals surface area contributed by atoms with Crippen LogP contribution in [-0.2, 0) is 0 Å². The molecule has 0 bridgehead atoms. The molecule has 1 aromatic rings. The number of carbonyl (C=O) groups excluding carboxylic acids is 1. The third kappa shape index (κ3) is 2.76. The molecule has 0 unspecified atom stereocenters. The fourth-order valence-electron chi connectivity index (χ4n) is 1.77. The first-order valence-corrected chi connectivity index (χ1v) is 5.38. The molecule has 1 aliphatic heterocycles. The van der Waals surface area contributed by atoms with Crippen molar-refractivity contribution >= 4 is 5.91 Å². The molecule has 16 heavy (non-hydrogen) atoms. The van der Waals surface area contributed by atoms with E-state index in [1.807, 2.05) is 0 Å². The van der Waals surface area contributed by atoms with Crippen LogP contribution in [0.5, 0.6) is 0 Å². The number of carbonyl (C=O) groups is 1. The summed E-state index contributed by atoms with van der Waals surface area (Å²) in [5.41, 5.74) is 0.276. The summed E-state index contributed by atoms with van der Waals surface area (Å²) in [5, 5.41) is 6.09. The van der Waals surface area contributed by atoms with Gasteiger partial charge in [0.1, 0.15) is 5.82 Å². The fraction of sp³-hybridized carbons (Fsp3) is 0.455. The highest BCUT2D eigenvalue weighted by Crippen LogP contribution is 2.05. The SMILES string of the molecule is O=C(NC1CCNCC1)c1cncc(F)c1. The van der Waals surface area contributed by atoms with Crippen LogP contribution >= 0.6 is 0 Å². The van der Waals surface area contributed by atoms with Crippen molar-refractivity contribution in [2.45, 2.75) is 18.9 Å². The molecule has 2 N–H and O–H groups in total. The molecular weight excluding hydrogens is 209 g/mol. The first-order valence-electron chi connectivity index (χ1n) is 5.38. The smallest absolute Gasteiger partial charge is 0.253 e. The summed E-state index contributed by atoms with van der Waals surface area (Å²) in [4.78, 5) is 15.4. The number of pyridine rings is 1. The van der Waals surface area contributed by atoms with Gasteiger partial charge in [-0.25, -0.2) is 4.39 Å². The average Bonchev–Trinajstić information content (AvgIpc) is 2.30. The first kappa shape index (κ1) is 11.0. The number of nitrogens with zero attached hydrogens (tertiary/aromatic N) is 1. The molecule has 0 saturated carbocycles. The molecule has 1 saturated heterocycles. The van der Waals surface area contributed by atoms with Crippen LogP contribution in [0.25, 0.3) is 0 Å². The summed E-state index contributed by atoms with van der Waals surface area (Å²) in [6.07, 6.45) is 4.28. The molecule has 1 amide bonds. The van der Waals surface area contributed by atoms with Crippen LogP contribution in [0.1, 0.15) is 23.2 Å². The van der Waals surface area contributed by atoms with Gasteiger partial charge in [0.15, 0.2) is 0 Å². The standard InChI is InChI=1S/C11H14FN3O/c12-9-5-8(6-14-7-9)11(16)15-10-1-3-13-4-2-10/h5-7,10,13H,1-4H2,(H,15,16). The predicted octanol–water partition coefficient (Wildman–Crippen LogP) is 0.702. The zero-order valence-electron chi connectivity index (χ0n) is 8.87. The monoisotopic (exact) mass is 223 g/mol. The molecule has 4 nitrogen and oxygen atoms in total. The molecule has 86 valence electrons. The van der Waals surface area contributed by atoms with Crippen molar-refractivity contribution in [2.75, 3.05) is 13.1 Å². The minimum absolute atomic E-state index is 0.178. The zero-order valence-corrected chi connectivity index (χ0v) is 8.87. The van der Waals surface area contributed by atoms with Crippen molar-refractivity contribution in [3.05, 3.63) is 29.8 Å². The lowest BCUT2D eigenvalue weighted by Crippen LogP contribution is -2.42. The van der Waals surface area contributed by atoms with Crippen LogP contribution in [0, 0.1) is 5.82 Å². The van der Waals surface area contributed by atoms with Gasteiger partial charge in [-0.1, -0.05) is 0 Å². The molecule has 1 fully saturated rings. The number of rotatable bonds is 2. The molecular formula is C11H14FN3O. The van der Waals surface area contributed by atoms with E-state index >= 15 is 0 Å². The summed E-state index contributed by atoms with van der Waals surface area (Å²) >= 11 is 0. The van der Waals surface area contributed by atoms with Crippen molar-refractivity contribution in [1.82, 2.24) is 15.6 Å². The Kier molecular flexibility index (Phi) is 3.46. The Labute approximate surface area is 93.3 Å². The third-order valence-corrected chi connectivity index (χ3v) is 2.64. The van der Waals surface area contributed by atoms with Crippen LogP contribution < -0.4 is 10.6 Å². The van der Waals surface area contributed by atoms with E-state index in [0.29, 0.717) is 0 Å². The second kappa shape index (κ2) is 5.03. The summed E-state index contributed by atoms with van der Waals surface area (Å²) < 4.78 is 12.9. The van der Waals surface area contributed by atoms with Gasteiger partial charge in [0, 0.05) is 12.2 Å². The van der Waals surface area contributed by atoms with Crippen LogP contribution in [0.3, 0.4) is 0 Å². The van der Waals surface area contributed by atoms with E-state index < -0.39 is 5.82 Å². The quantitative estimate of drug-likeness (QED) is 0.776. The lowest BCUT2D eigenvalue weighted by atomic mass is 10.1. The molecule has 0 radical (unpaired) electrons. The molecule has 2 rings (SSSR count). The Morgan fingerprint density at radius 2 is 2.19 bits per heavy atom. The number of hydrogen-bond donors (Lipinski definition) is 2. The topological polar surface area (TPSA) is 54.0 Å². The predicted molar refractivity (Wildman–Crippen MR) is 57.6 cm³/mol. The van der Waals surface area contributed by atoms with Crippen molar-refractivity contribution in [2.24, 2.45) is 0 Å². The molecule has 0 aliphatic carbocycles. The van der Waals surface area contributed by atoms with E-state index in [-0.39, 0.29) is 17.5 Å². The van der Waals surface area contributed by atoms with Crippen LogP contribution in [0.4, 0.5) is 4.39 Å². The Bertz CT molecular complexity index is 377. The van der Waals surface area contributed by atoms with E-state index in [1.54, 1.807) is 0 Å². The molecule has 0 spiro atoms. The van der Waals surface area contributed by atoms with Gasteiger partial charge in [-0.05, 0) is 32.0 Å². The highest BCUT2D eigenvalue weighted by atomic mass is 19.1. The van der Waals surface area contributed by atoms with Gasteiger partial charge < -0.3 is 10.6 Å². The molecule has 1 aromatic heterocycles. The van der Waals surface area contributed by atoms with E-state index in [1.165, 1.54) is 12.3 Å². The molecule has 5 heteroatoms. The Morgan fingerprint density at radius 3 is 2.88 bits per heavy atom. The Morgan fingerprint density at radius 1 is 1.44 bits per heavy atom. The summed E-state index contributed by atoms with van der Waals surface area (Å²) in [6.45, 7) is 1.82. The van der Waals surface area contributed by atoms with Gasteiger partial charge in [0.2, 0.25) is 0 Å². The van der Waals surface area contributed by atoms with Gasteiger partial charge in [-0.3, -0.25) is 9.78 Å². The highest BCUT2D eigenvalue weighted by molar-refractivity contribution is 5.94. The molecule has 0 atom stereocenters. The number of halogens is 1. The number of aromatic nitrogens is 1. The number of piperidine rings is 1. The van der Waals surface area contributed by atoms with Crippen molar-refractivity contribution in [1.29, 1.82) is 0 Å². The maximum Gasteiger partial charge on any atom is 0.253 e. The van der Waals surface area contributed by atoms with Crippen LogP contribution in [-0.4, -0.2) is 30.0 Å². The van der Waals surface area contributed by atoms with Gasteiger partial charge in [-0.15, -0.1) is 0 Å². The zero-order chi connectivity index (χ0) is 11.4. The summed E-state index contributed by atoms with van der Waals surface area (Å²) in [5.74, 6) is -0.739. The maximum atomic E-state index is 12.9. The highest BCUT2D eigenvalue weighted by Gasteiger charge is 2.16. The largest absolute Gasteiger partial charge is 0.349 e. The van der Waals surface area contributed by atoms with Gasteiger partial charge in [0.05, 0.1) is 11.8 Å². The van der Waals surface area contributed by atoms with Crippen molar-refractivity contribution in [3.8, 4) is 0 Å². The minimum atomic E-state index is -0.488. The van der Waals surface area contributed by atoms with Crippen LogP contribution in [0.15, 0.2) is 18.5 Å². The number of amides is 1. The maximum absolute atomic E-state index is 12.9. The number of hydrogen-bond acceptors (Lipinski definition) is 3. The minimum Gasteiger partial charge on any atom is -0.349 e. The lowest BCUT2D eigenvalue weighted by molar-refractivity contribution is 0.0928. The summed E-state index contributed by atoms with van der Waals surface area (Å²) in [6, 6.07) is 1.38. The Hall–Kier alpha value is -1.49. The van der Waals surface area contributed by atoms with Gasteiger partial charge in [-0.2, -0.15) is 0 Å². The van der Waals surface area contributed by atoms with E-state index in [2.05, 4.69) is 15.6 Å². The van der Waals surface area contributed by atoms with Gasteiger partial charge >= 0.3 is 0 Å². The second-order valence-electron chi connectivity index (χ2n) is 3.89. The van der Waals surface area contributed by atoms with E-state index in [4.69, 9.17) is 0 Å². The van der Waals surface area contributed by atoms with E-state index in [9.17, 15) is 9.18 Å². The van der Waals surface area contributed by atoms with Crippen molar-refractivity contribution < 1.29 is 9.18 Å². The first-order chi connectivity index (χ1) is 7.75. The van der Waals surface area contributed by atoms with E-state index in [0.717, 1.165) is 32.1 Å². The fourth-order valence-corrected chi connectivity index (χ4v) is 1.77. The Balaban J connectivity index is 1.97. The van der Waals surface area contributed by atoms with Crippen LogP contribution in [0.2, 0.25) is 0 Å². The number of nitrogens with one attached hydrogen (secondary N) is 2.